The summed E-state index contributed by atoms with van der Waals surface area (Å²) in [6, 6.07) is 0. The topological polar surface area (TPSA) is 61.3 Å². The Balaban J connectivity index is 1.93. The van der Waals surface area contributed by atoms with Crippen molar-refractivity contribution < 1.29 is 9.50 Å². The summed E-state index contributed by atoms with van der Waals surface area (Å²) in [6.07, 6.45) is 0. The van der Waals surface area contributed by atoms with E-state index in [1.54, 1.807) is 20.8 Å². The molecule has 0 saturated carbocycles. The van der Waals surface area contributed by atoms with Gasteiger partial charge in [-0.1, -0.05) is 0 Å². The summed E-state index contributed by atoms with van der Waals surface area (Å²) in [5.41, 5.74) is -0.929. The minimum absolute atomic E-state index is 0.0789. The molecule has 2 atom stereocenters. The average Bonchev–Trinajstić information content (AvgIpc) is 2.91. The summed E-state index contributed by atoms with van der Waals surface area (Å²) >= 11 is 0. The van der Waals surface area contributed by atoms with E-state index in [0.29, 0.717) is 23.5 Å². The van der Waals surface area contributed by atoms with Gasteiger partial charge in [0.25, 0.3) is 0 Å². The smallest absolute Gasteiger partial charge is 0.226 e. The first-order valence-electron chi connectivity index (χ1n) is 7.09. The zero-order valence-corrected chi connectivity index (χ0v) is 12.1. The fourth-order valence-electron chi connectivity index (χ4n) is 3.11. The predicted octanol–water partition coefficient (Wildman–Crippen LogP) is 0.807. The molecule has 1 aromatic rings. The van der Waals surface area contributed by atoms with Gasteiger partial charge in [-0.3, -0.25) is 0 Å². The van der Waals surface area contributed by atoms with Gasteiger partial charge in [0.1, 0.15) is 11.3 Å². The van der Waals surface area contributed by atoms with E-state index in [4.69, 9.17) is 0 Å². The van der Waals surface area contributed by atoms with Crippen LogP contribution in [0.1, 0.15) is 25.2 Å². The highest BCUT2D eigenvalue weighted by Crippen LogP contribution is 2.31. The number of halogens is 1. The zero-order chi connectivity index (χ0) is 14.5. The molecule has 3 rings (SSSR count). The number of aliphatic hydroxyl groups is 1. The Labute approximate surface area is 118 Å². The van der Waals surface area contributed by atoms with Gasteiger partial charge in [-0.15, -0.1) is 0 Å². The number of fused-ring (bicyclic) bond motifs is 1. The van der Waals surface area contributed by atoms with Crippen molar-refractivity contribution in [2.75, 3.05) is 31.1 Å². The van der Waals surface area contributed by atoms with Crippen molar-refractivity contribution in [3.8, 4) is 0 Å². The van der Waals surface area contributed by atoms with Crippen molar-refractivity contribution >= 4 is 5.95 Å². The molecule has 2 saturated heterocycles. The lowest BCUT2D eigenvalue weighted by Crippen LogP contribution is -2.29. The summed E-state index contributed by atoms with van der Waals surface area (Å²) in [4.78, 5) is 10.7. The van der Waals surface area contributed by atoms with Crippen molar-refractivity contribution in [3.05, 3.63) is 17.2 Å². The van der Waals surface area contributed by atoms with Gasteiger partial charge in [0, 0.05) is 26.2 Å². The minimum atomic E-state index is -1.30. The third-order valence-corrected chi connectivity index (χ3v) is 4.26. The van der Waals surface area contributed by atoms with Gasteiger partial charge in [-0.05, 0) is 32.6 Å². The first-order valence-corrected chi connectivity index (χ1v) is 7.09. The van der Waals surface area contributed by atoms with Gasteiger partial charge in [0.2, 0.25) is 5.95 Å². The van der Waals surface area contributed by atoms with Crippen molar-refractivity contribution in [1.82, 2.24) is 15.3 Å². The van der Waals surface area contributed by atoms with Crippen LogP contribution in [0.4, 0.5) is 10.3 Å². The Morgan fingerprint density at radius 3 is 2.40 bits per heavy atom. The Kier molecular flexibility index (Phi) is 3.17. The number of hydrogen-bond acceptors (Lipinski definition) is 5. The molecule has 20 heavy (non-hydrogen) atoms. The van der Waals surface area contributed by atoms with Crippen LogP contribution in [0.5, 0.6) is 0 Å². The maximum atomic E-state index is 14.1. The van der Waals surface area contributed by atoms with E-state index in [1.807, 2.05) is 0 Å². The van der Waals surface area contributed by atoms with Gasteiger partial charge < -0.3 is 15.3 Å². The number of anilines is 1. The molecule has 1 aromatic heterocycles. The molecule has 3 heterocycles. The van der Waals surface area contributed by atoms with Crippen LogP contribution in [0.25, 0.3) is 0 Å². The van der Waals surface area contributed by atoms with E-state index in [1.165, 1.54) is 0 Å². The summed E-state index contributed by atoms with van der Waals surface area (Å²) in [5, 5.41) is 13.4. The Morgan fingerprint density at radius 1 is 1.25 bits per heavy atom. The lowest BCUT2D eigenvalue weighted by molar-refractivity contribution is 0.0691. The number of nitrogens with one attached hydrogen (secondary N) is 1. The molecule has 0 amide bonds. The van der Waals surface area contributed by atoms with Crippen LogP contribution in [-0.4, -0.2) is 41.3 Å². The van der Waals surface area contributed by atoms with E-state index < -0.39 is 11.4 Å². The summed E-state index contributed by atoms with van der Waals surface area (Å²) in [5.74, 6) is 1.27. The number of aromatic nitrogens is 2. The average molecular weight is 280 g/mol. The second kappa shape index (κ2) is 4.63. The van der Waals surface area contributed by atoms with Crippen LogP contribution in [0, 0.1) is 24.6 Å². The number of aryl methyl sites for hydroxylation is 1. The van der Waals surface area contributed by atoms with Gasteiger partial charge in [0.15, 0.2) is 5.82 Å². The van der Waals surface area contributed by atoms with Crippen molar-refractivity contribution in [2.24, 2.45) is 11.8 Å². The third-order valence-electron chi connectivity index (χ3n) is 4.26. The monoisotopic (exact) mass is 280 g/mol. The highest BCUT2D eigenvalue weighted by atomic mass is 19.1. The quantitative estimate of drug-likeness (QED) is 0.839. The highest BCUT2D eigenvalue weighted by Gasteiger charge is 2.38. The fourth-order valence-corrected chi connectivity index (χ4v) is 3.11. The zero-order valence-electron chi connectivity index (χ0n) is 12.1. The van der Waals surface area contributed by atoms with Crippen molar-refractivity contribution in [3.63, 3.8) is 0 Å². The van der Waals surface area contributed by atoms with Gasteiger partial charge in [0.05, 0.1) is 5.69 Å². The Morgan fingerprint density at radius 2 is 1.85 bits per heavy atom. The van der Waals surface area contributed by atoms with E-state index in [2.05, 4.69) is 20.2 Å². The van der Waals surface area contributed by atoms with E-state index >= 15 is 0 Å². The van der Waals surface area contributed by atoms with Crippen LogP contribution in [0.3, 0.4) is 0 Å². The SMILES string of the molecule is Cc1nc(N2C[C@H]3CNC[C@H]3C2)nc(C(C)(C)O)c1F. The molecule has 0 spiro atoms. The molecule has 2 aliphatic heterocycles. The van der Waals surface area contributed by atoms with Crippen LogP contribution < -0.4 is 10.2 Å². The number of rotatable bonds is 2. The lowest BCUT2D eigenvalue weighted by Gasteiger charge is -2.23. The Hall–Kier alpha value is -1.27. The molecule has 0 aromatic carbocycles. The fraction of sp³-hybridized carbons (Fsp3) is 0.714. The van der Waals surface area contributed by atoms with E-state index in [0.717, 1.165) is 26.2 Å². The normalized spacial score (nSPS) is 26.1. The molecular formula is C14H21FN4O. The second-order valence-electron chi connectivity index (χ2n) is 6.41. The van der Waals surface area contributed by atoms with E-state index in [-0.39, 0.29) is 5.69 Å². The van der Waals surface area contributed by atoms with Gasteiger partial charge in [-0.2, -0.15) is 0 Å². The maximum Gasteiger partial charge on any atom is 0.226 e. The van der Waals surface area contributed by atoms with Gasteiger partial charge >= 0.3 is 0 Å². The highest BCUT2D eigenvalue weighted by molar-refractivity contribution is 5.36. The first kappa shape index (κ1) is 13.7. The van der Waals surface area contributed by atoms with Crippen molar-refractivity contribution in [2.45, 2.75) is 26.4 Å². The summed E-state index contributed by atoms with van der Waals surface area (Å²) in [7, 11) is 0. The van der Waals surface area contributed by atoms with Gasteiger partial charge in [-0.25, -0.2) is 14.4 Å². The lowest BCUT2D eigenvalue weighted by atomic mass is 10.0. The summed E-state index contributed by atoms with van der Waals surface area (Å²) in [6.45, 7) is 8.56. The second-order valence-corrected chi connectivity index (χ2v) is 6.41. The minimum Gasteiger partial charge on any atom is -0.384 e. The molecule has 0 radical (unpaired) electrons. The number of nitrogens with zero attached hydrogens (tertiary/aromatic N) is 3. The molecule has 2 aliphatic rings. The molecule has 2 N–H and O–H groups in total. The van der Waals surface area contributed by atoms with Crippen molar-refractivity contribution in [1.29, 1.82) is 0 Å². The van der Waals surface area contributed by atoms with Crippen LogP contribution in [0.2, 0.25) is 0 Å². The predicted molar refractivity (Wildman–Crippen MR) is 74.0 cm³/mol. The Bertz CT molecular complexity index is 517. The molecule has 0 bridgehead atoms. The standard InChI is InChI=1S/C14H21FN4O/c1-8-11(15)12(14(2,3)20)18-13(17-8)19-6-9-4-16-5-10(9)7-19/h9-10,16,20H,4-7H2,1-3H3/t9-,10+. The summed E-state index contributed by atoms with van der Waals surface area (Å²) < 4.78 is 14.1. The third kappa shape index (κ3) is 2.27. The largest absolute Gasteiger partial charge is 0.384 e. The van der Waals surface area contributed by atoms with Crippen LogP contribution >= 0.6 is 0 Å². The van der Waals surface area contributed by atoms with E-state index in [9.17, 15) is 9.50 Å². The molecule has 2 fully saturated rings. The number of hydrogen-bond donors (Lipinski definition) is 2. The molecular weight excluding hydrogens is 259 g/mol. The molecule has 0 unspecified atom stereocenters. The van der Waals surface area contributed by atoms with Crippen LogP contribution in [-0.2, 0) is 5.60 Å². The molecule has 6 heteroatoms. The van der Waals surface area contributed by atoms with Crippen LogP contribution in [0.15, 0.2) is 0 Å². The maximum absolute atomic E-state index is 14.1. The first-order chi connectivity index (χ1) is 9.36. The molecule has 5 nitrogen and oxygen atoms in total. The molecule has 110 valence electrons. The molecule has 0 aliphatic carbocycles.